The molecule has 3 atom stereocenters. The summed E-state index contributed by atoms with van der Waals surface area (Å²) in [5.41, 5.74) is 1.09. The van der Waals surface area contributed by atoms with E-state index < -0.39 is 12.0 Å². The van der Waals surface area contributed by atoms with Gasteiger partial charge < -0.3 is 10.4 Å². The van der Waals surface area contributed by atoms with E-state index in [1.54, 1.807) is 0 Å². The van der Waals surface area contributed by atoms with Crippen LogP contribution >= 0.6 is 0 Å². The Labute approximate surface area is 125 Å². The van der Waals surface area contributed by atoms with Crippen LogP contribution in [0.2, 0.25) is 0 Å². The van der Waals surface area contributed by atoms with Gasteiger partial charge in [0.25, 0.3) is 0 Å². The molecule has 1 aromatic carbocycles. The molecule has 1 saturated carbocycles. The summed E-state index contributed by atoms with van der Waals surface area (Å²) in [5, 5.41) is 12.0. The van der Waals surface area contributed by atoms with Crippen LogP contribution in [0.3, 0.4) is 0 Å². The zero-order valence-corrected chi connectivity index (χ0v) is 12.4. The van der Waals surface area contributed by atoms with Crippen molar-refractivity contribution in [3.05, 3.63) is 35.9 Å². The fourth-order valence-corrected chi connectivity index (χ4v) is 3.03. The molecule has 0 aliphatic heterocycles. The van der Waals surface area contributed by atoms with Crippen molar-refractivity contribution in [2.75, 3.05) is 0 Å². The van der Waals surface area contributed by atoms with Crippen LogP contribution in [0.15, 0.2) is 30.3 Å². The first kappa shape index (κ1) is 15.5. The molecule has 1 aliphatic carbocycles. The topological polar surface area (TPSA) is 66.4 Å². The molecule has 1 amide bonds. The Kier molecular flexibility index (Phi) is 5.37. The van der Waals surface area contributed by atoms with Crippen molar-refractivity contribution < 1.29 is 14.7 Å². The van der Waals surface area contributed by atoms with Gasteiger partial charge in [-0.25, -0.2) is 4.79 Å². The van der Waals surface area contributed by atoms with E-state index in [1.165, 1.54) is 0 Å². The minimum Gasteiger partial charge on any atom is -0.480 e. The summed E-state index contributed by atoms with van der Waals surface area (Å²) < 4.78 is 0. The maximum atomic E-state index is 12.2. The van der Waals surface area contributed by atoms with Crippen LogP contribution < -0.4 is 5.32 Å². The molecule has 114 valence electrons. The van der Waals surface area contributed by atoms with E-state index in [1.807, 2.05) is 30.3 Å². The zero-order chi connectivity index (χ0) is 15.2. The lowest BCUT2D eigenvalue weighted by Crippen LogP contribution is -2.44. The summed E-state index contributed by atoms with van der Waals surface area (Å²) >= 11 is 0. The van der Waals surface area contributed by atoms with Crippen LogP contribution in [0.5, 0.6) is 0 Å². The molecule has 21 heavy (non-hydrogen) atoms. The molecule has 4 nitrogen and oxygen atoms in total. The van der Waals surface area contributed by atoms with Gasteiger partial charge in [-0.05, 0) is 37.2 Å². The molecular formula is C17H23NO3. The van der Waals surface area contributed by atoms with Crippen molar-refractivity contribution in [2.24, 2.45) is 11.8 Å². The molecule has 2 N–H and O–H groups in total. The van der Waals surface area contributed by atoms with Gasteiger partial charge >= 0.3 is 5.97 Å². The lowest BCUT2D eigenvalue weighted by atomic mass is 9.96. The maximum absolute atomic E-state index is 12.2. The van der Waals surface area contributed by atoms with Gasteiger partial charge in [-0.3, -0.25) is 4.79 Å². The molecule has 0 spiro atoms. The highest BCUT2D eigenvalue weighted by molar-refractivity contribution is 5.85. The van der Waals surface area contributed by atoms with Gasteiger partial charge in [-0.2, -0.15) is 0 Å². The third-order valence-corrected chi connectivity index (χ3v) is 4.38. The average molecular weight is 289 g/mol. The molecule has 0 radical (unpaired) electrons. The molecule has 1 aromatic rings. The number of aryl methyl sites for hydroxylation is 1. The normalized spacial score (nSPS) is 22.7. The van der Waals surface area contributed by atoms with Crippen LogP contribution in [0.1, 0.15) is 38.2 Å². The lowest BCUT2D eigenvalue weighted by Gasteiger charge is -2.19. The smallest absolute Gasteiger partial charge is 0.326 e. The highest BCUT2D eigenvalue weighted by atomic mass is 16.4. The quantitative estimate of drug-likeness (QED) is 0.846. The van der Waals surface area contributed by atoms with Crippen molar-refractivity contribution in [2.45, 2.75) is 45.1 Å². The largest absolute Gasteiger partial charge is 0.480 e. The van der Waals surface area contributed by atoms with Gasteiger partial charge in [-0.1, -0.05) is 43.7 Å². The number of carbonyl (C=O) groups excluding carboxylic acids is 1. The number of carboxylic acids is 1. The molecule has 1 fully saturated rings. The molecular weight excluding hydrogens is 266 g/mol. The van der Waals surface area contributed by atoms with Gasteiger partial charge in [0.15, 0.2) is 0 Å². The maximum Gasteiger partial charge on any atom is 0.326 e. The van der Waals surface area contributed by atoms with Gasteiger partial charge in [0.2, 0.25) is 5.91 Å². The van der Waals surface area contributed by atoms with Crippen molar-refractivity contribution in [1.82, 2.24) is 5.32 Å². The third-order valence-electron chi connectivity index (χ3n) is 4.38. The third kappa shape index (κ3) is 4.31. The summed E-state index contributed by atoms with van der Waals surface area (Å²) in [6, 6.07) is 8.94. The molecule has 0 aromatic heterocycles. The van der Waals surface area contributed by atoms with E-state index >= 15 is 0 Å². The molecule has 0 saturated heterocycles. The molecule has 0 bridgehead atoms. The van der Waals surface area contributed by atoms with Gasteiger partial charge in [0.1, 0.15) is 6.04 Å². The second kappa shape index (κ2) is 7.25. The lowest BCUT2D eigenvalue weighted by molar-refractivity contribution is -0.142. The van der Waals surface area contributed by atoms with Crippen molar-refractivity contribution in [3.8, 4) is 0 Å². The number of amides is 1. The Bertz CT molecular complexity index is 486. The predicted octanol–water partition coefficient (Wildman–Crippen LogP) is 2.62. The Morgan fingerprint density at radius 1 is 1.29 bits per heavy atom. The van der Waals surface area contributed by atoms with Crippen LogP contribution in [0, 0.1) is 11.8 Å². The summed E-state index contributed by atoms with van der Waals surface area (Å²) in [4.78, 5) is 23.5. The molecule has 4 heteroatoms. The first-order chi connectivity index (χ1) is 10.1. The highest BCUT2D eigenvalue weighted by Crippen LogP contribution is 2.31. The van der Waals surface area contributed by atoms with E-state index in [0.29, 0.717) is 18.8 Å². The number of nitrogens with one attached hydrogen (secondary N) is 1. The molecule has 2 rings (SSSR count). The van der Waals surface area contributed by atoms with Gasteiger partial charge in [-0.15, -0.1) is 0 Å². The SMILES string of the molecule is CC1CCCC1C(=O)NC(CCc1ccccc1)C(=O)O. The monoisotopic (exact) mass is 289 g/mol. The Morgan fingerprint density at radius 2 is 2.00 bits per heavy atom. The van der Waals surface area contributed by atoms with E-state index in [9.17, 15) is 14.7 Å². The van der Waals surface area contributed by atoms with Crippen LogP contribution in [0.25, 0.3) is 0 Å². The first-order valence-corrected chi connectivity index (χ1v) is 7.65. The predicted molar refractivity (Wildman–Crippen MR) is 80.8 cm³/mol. The van der Waals surface area contributed by atoms with Gasteiger partial charge in [0, 0.05) is 5.92 Å². The summed E-state index contributed by atoms with van der Waals surface area (Å²) in [7, 11) is 0. The number of hydrogen-bond acceptors (Lipinski definition) is 2. The standard InChI is InChI=1S/C17H23NO3/c1-12-6-5-9-14(12)16(19)18-15(17(20)21)11-10-13-7-3-2-4-8-13/h2-4,7-8,12,14-15H,5-6,9-11H2,1H3,(H,18,19)(H,20,21). The highest BCUT2D eigenvalue weighted by Gasteiger charge is 2.32. The Balaban J connectivity index is 1.90. The minimum atomic E-state index is -0.954. The number of rotatable bonds is 6. The van der Waals surface area contributed by atoms with Crippen molar-refractivity contribution >= 4 is 11.9 Å². The first-order valence-electron chi connectivity index (χ1n) is 7.65. The number of benzene rings is 1. The number of carbonyl (C=O) groups is 2. The fraction of sp³-hybridized carbons (Fsp3) is 0.529. The average Bonchev–Trinajstić information content (AvgIpc) is 2.90. The summed E-state index contributed by atoms with van der Waals surface area (Å²) in [6.45, 7) is 2.07. The Morgan fingerprint density at radius 3 is 2.57 bits per heavy atom. The fourth-order valence-electron chi connectivity index (χ4n) is 3.03. The Hall–Kier alpha value is -1.84. The van der Waals surface area contributed by atoms with E-state index in [-0.39, 0.29) is 11.8 Å². The van der Waals surface area contributed by atoms with Gasteiger partial charge in [0.05, 0.1) is 0 Å². The summed E-state index contributed by atoms with van der Waals surface area (Å²) in [6.07, 6.45) is 4.06. The number of hydrogen-bond donors (Lipinski definition) is 2. The zero-order valence-electron chi connectivity index (χ0n) is 12.4. The molecule has 3 unspecified atom stereocenters. The van der Waals surface area contributed by atoms with Crippen LogP contribution in [-0.4, -0.2) is 23.0 Å². The van der Waals surface area contributed by atoms with E-state index in [2.05, 4.69) is 12.2 Å². The molecule has 1 aliphatic rings. The van der Waals surface area contributed by atoms with E-state index in [0.717, 1.165) is 24.8 Å². The second-order valence-corrected chi connectivity index (χ2v) is 5.94. The minimum absolute atomic E-state index is 0.0245. The van der Waals surface area contributed by atoms with Crippen molar-refractivity contribution in [3.63, 3.8) is 0 Å². The van der Waals surface area contributed by atoms with Crippen LogP contribution in [0.4, 0.5) is 0 Å². The number of carboxylic acid groups (broad SMARTS) is 1. The van der Waals surface area contributed by atoms with E-state index in [4.69, 9.17) is 0 Å². The van der Waals surface area contributed by atoms with Crippen LogP contribution in [-0.2, 0) is 16.0 Å². The van der Waals surface area contributed by atoms with Crippen molar-refractivity contribution in [1.29, 1.82) is 0 Å². The number of aliphatic carboxylic acids is 1. The summed E-state index contributed by atoms with van der Waals surface area (Å²) in [5.74, 6) is -0.720. The molecule has 0 heterocycles. The second-order valence-electron chi connectivity index (χ2n) is 5.94.